The fourth-order valence-electron chi connectivity index (χ4n) is 6.30. The van der Waals surface area contributed by atoms with Crippen LogP contribution in [-0.2, 0) is 0 Å². The predicted molar refractivity (Wildman–Crippen MR) is 137 cm³/mol. The molecule has 4 aliphatic rings. The van der Waals surface area contributed by atoms with Gasteiger partial charge in [-0.05, 0) is 53.4 Å². The van der Waals surface area contributed by atoms with E-state index in [4.69, 9.17) is 33.2 Å². The van der Waals surface area contributed by atoms with E-state index in [1.54, 1.807) is 21.3 Å². The van der Waals surface area contributed by atoms with Gasteiger partial charge in [0.25, 0.3) is 0 Å². The minimum absolute atomic E-state index is 0.00333. The first-order valence-corrected chi connectivity index (χ1v) is 12.5. The molecule has 0 saturated carbocycles. The van der Waals surface area contributed by atoms with Crippen molar-refractivity contribution in [3.63, 3.8) is 0 Å². The van der Waals surface area contributed by atoms with Gasteiger partial charge in [-0.2, -0.15) is 0 Å². The molecule has 0 radical (unpaired) electrons. The molecule has 0 aromatic heterocycles. The Bertz CT molecular complexity index is 1430. The molecule has 38 heavy (non-hydrogen) atoms. The van der Waals surface area contributed by atoms with Crippen molar-refractivity contribution in [2.45, 2.75) is 5.92 Å². The Labute approximate surface area is 219 Å². The topological polar surface area (TPSA) is 84.9 Å². The van der Waals surface area contributed by atoms with E-state index >= 15 is 0 Å². The molecule has 7 rings (SSSR count). The number of Topliss-reactive ketones (excluding diaryl/α,β-unsaturated/α-hetero) is 1. The van der Waals surface area contributed by atoms with Gasteiger partial charge < -0.3 is 38.1 Å². The van der Waals surface area contributed by atoms with Crippen LogP contribution >= 0.6 is 0 Å². The molecule has 0 unspecified atom stereocenters. The van der Waals surface area contributed by atoms with Crippen molar-refractivity contribution in [1.29, 1.82) is 0 Å². The highest BCUT2D eigenvalue weighted by Gasteiger charge is 2.49. The highest BCUT2D eigenvalue weighted by molar-refractivity contribution is 6.02. The minimum Gasteiger partial charge on any atom is -0.493 e. The second-order valence-corrected chi connectivity index (χ2v) is 9.81. The molecule has 1 fully saturated rings. The normalized spacial score (nSPS) is 22.2. The fourth-order valence-corrected chi connectivity index (χ4v) is 6.30. The maximum absolute atomic E-state index is 13.9. The first-order chi connectivity index (χ1) is 18.6. The molecule has 1 saturated heterocycles. The number of hydrogen-bond donors (Lipinski definition) is 0. The van der Waals surface area contributed by atoms with E-state index < -0.39 is 0 Å². The molecule has 3 aliphatic heterocycles. The first kappa shape index (κ1) is 22.9. The van der Waals surface area contributed by atoms with Crippen LogP contribution in [0.1, 0.15) is 27.4 Å². The molecule has 0 N–H and O–H groups in total. The summed E-state index contributed by atoms with van der Waals surface area (Å²) in [5.41, 5.74) is 3.57. The Morgan fingerprint density at radius 1 is 0.763 bits per heavy atom. The lowest BCUT2D eigenvalue weighted by atomic mass is 9.67. The molecule has 9 heteroatoms. The summed E-state index contributed by atoms with van der Waals surface area (Å²) in [6.45, 7) is 1.64. The summed E-state index contributed by atoms with van der Waals surface area (Å²) in [4.78, 5) is 16.2. The Balaban J connectivity index is 1.36. The number of benzene rings is 3. The van der Waals surface area contributed by atoms with Gasteiger partial charge in [0.2, 0.25) is 19.3 Å². The van der Waals surface area contributed by atoms with Crippen LogP contribution in [0.15, 0.2) is 42.5 Å². The predicted octanol–water partition coefficient (Wildman–Crippen LogP) is 4.25. The fraction of sp³-hybridized carbons (Fsp3) is 0.345. The summed E-state index contributed by atoms with van der Waals surface area (Å²) < 4.78 is 39.4. The van der Waals surface area contributed by atoms with Gasteiger partial charge in [-0.25, -0.2) is 0 Å². The number of methoxy groups -OCH3 is 3. The summed E-state index contributed by atoms with van der Waals surface area (Å²) in [7, 11) is 4.81. The maximum atomic E-state index is 13.9. The van der Waals surface area contributed by atoms with Gasteiger partial charge in [0, 0.05) is 42.2 Å². The summed E-state index contributed by atoms with van der Waals surface area (Å²) in [5, 5.41) is 0. The monoisotopic (exact) mass is 517 g/mol. The number of ketones is 1. The lowest BCUT2D eigenvalue weighted by Gasteiger charge is -2.35. The quantitative estimate of drug-likeness (QED) is 0.493. The third-order valence-electron chi connectivity index (χ3n) is 8.04. The van der Waals surface area contributed by atoms with Crippen molar-refractivity contribution >= 4 is 11.5 Å². The van der Waals surface area contributed by atoms with Gasteiger partial charge in [-0.1, -0.05) is 0 Å². The van der Waals surface area contributed by atoms with E-state index in [0.717, 1.165) is 28.3 Å². The SMILES string of the molecule is COc1cc([C@@H]2c3cc4c(cc3C(=O)[C@H]3CN(c5ccc6c(c5)OCO6)C[C@@H]23)OCO4)cc(OC)c1OC. The van der Waals surface area contributed by atoms with Crippen LogP contribution in [0.3, 0.4) is 0 Å². The number of fused-ring (bicyclic) bond motifs is 4. The number of carbonyl (C=O) groups excluding carboxylic acids is 1. The Morgan fingerprint density at radius 3 is 2.11 bits per heavy atom. The Morgan fingerprint density at radius 2 is 1.42 bits per heavy atom. The molecule has 0 bridgehead atoms. The second kappa shape index (κ2) is 8.65. The van der Waals surface area contributed by atoms with Crippen LogP contribution in [-0.4, -0.2) is 53.8 Å². The van der Waals surface area contributed by atoms with Gasteiger partial charge in [0.1, 0.15) is 0 Å². The van der Waals surface area contributed by atoms with Crippen LogP contribution in [0.25, 0.3) is 0 Å². The van der Waals surface area contributed by atoms with E-state index in [9.17, 15) is 4.79 Å². The van der Waals surface area contributed by atoms with Crippen molar-refractivity contribution in [2.24, 2.45) is 11.8 Å². The number of ether oxygens (including phenoxy) is 7. The van der Waals surface area contributed by atoms with Crippen molar-refractivity contribution in [2.75, 3.05) is 52.9 Å². The first-order valence-electron chi connectivity index (χ1n) is 12.5. The highest BCUT2D eigenvalue weighted by atomic mass is 16.7. The lowest BCUT2D eigenvalue weighted by Crippen LogP contribution is -2.34. The van der Waals surface area contributed by atoms with Crippen LogP contribution in [0.4, 0.5) is 5.69 Å². The van der Waals surface area contributed by atoms with Gasteiger partial charge in [-0.3, -0.25) is 4.79 Å². The molecular weight excluding hydrogens is 490 g/mol. The smallest absolute Gasteiger partial charge is 0.231 e. The number of nitrogens with zero attached hydrogens (tertiary/aromatic N) is 1. The third-order valence-corrected chi connectivity index (χ3v) is 8.04. The summed E-state index contributed by atoms with van der Waals surface area (Å²) in [6, 6.07) is 13.7. The third kappa shape index (κ3) is 3.34. The number of anilines is 1. The molecule has 1 aliphatic carbocycles. The summed E-state index contributed by atoms with van der Waals surface area (Å²) in [6.07, 6.45) is 0. The highest BCUT2D eigenvalue weighted by Crippen LogP contribution is 2.53. The molecular formula is C29H27NO8. The van der Waals surface area contributed by atoms with Crippen molar-refractivity contribution in [3.8, 4) is 40.2 Å². The standard InChI is InChI=1S/C29H27NO8/c1-32-25-6-15(7-26(33-2)29(25)34-3)27-17-9-23-24(38-14-37-23)10-18(17)28(31)20-12-30(11-19(20)27)16-4-5-21-22(8-16)36-13-35-21/h4-10,19-20,27H,11-14H2,1-3H3/t19-,20+,27-/m1/s1. The van der Waals surface area contributed by atoms with Gasteiger partial charge in [-0.15, -0.1) is 0 Å². The lowest BCUT2D eigenvalue weighted by molar-refractivity contribution is 0.0878. The minimum atomic E-state index is -0.211. The van der Waals surface area contributed by atoms with E-state index in [-0.39, 0.29) is 37.1 Å². The van der Waals surface area contributed by atoms with Gasteiger partial charge in [0.05, 0.1) is 21.3 Å². The number of rotatable bonds is 5. The molecule has 3 heterocycles. The van der Waals surface area contributed by atoms with E-state index in [2.05, 4.69) is 4.90 Å². The van der Waals surface area contributed by atoms with Crippen molar-refractivity contribution in [1.82, 2.24) is 0 Å². The van der Waals surface area contributed by atoms with Crippen LogP contribution < -0.4 is 38.1 Å². The zero-order chi connectivity index (χ0) is 26.0. The molecule has 3 aromatic carbocycles. The average Bonchev–Trinajstić information content (AvgIpc) is 3.70. The number of hydrogen-bond acceptors (Lipinski definition) is 9. The van der Waals surface area contributed by atoms with Crippen LogP contribution in [0.2, 0.25) is 0 Å². The molecule has 3 aromatic rings. The number of carbonyl (C=O) groups is 1. The zero-order valence-corrected chi connectivity index (χ0v) is 21.3. The second-order valence-electron chi connectivity index (χ2n) is 9.81. The van der Waals surface area contributed by atoms with Crippen molar-refractivity contribution < 1.29 is 38.0 Å². The summed E-state index contributed by atoms with van der Waals surface area (Å²) in [5.74, 6) is 4.18. The molecule has 0 amide bonds. The van der Waals surface area contributed by atoms with Crippen LogP contribution in [0.5, 0.6) is 40.2 Å². The average molecular weight is 518 g/mol. The molecule has 3 atom stereocenters. The van der Waals surface area contributed by atoms with Gasteiger partial charge in [0.15, 0.2) is 40.3 Å². The van der Waals surface area contributed by atoms with Crippen LogP contribution in [0, 0.1) is 11.8 Å². The molecule has 0 spiro atoms. The summed E-state index contributed by atoms with van der Waals surface area (Å²) >= 11 is 0. The molecule has 9 nitrogen and oxygen atoms in total. The van der Waals surface area contributed by atoms with E-state index in [0.29, 0.717) is 47.4 Å². The maximum Gasteiger partial charge on any atom is 0.231 e. The zero-order valence-electron chi connectivity index (χ0n) is 21.3. The molecule has 196 valence electrons. The Kier molecular flexibility index (Phi) is 5.21. The van der Waals surface area contributed by atoms with E-state index in [1.165, 1.54) is 0 Å². The largest absolute Gasteiger partial charge is 0.493 e. The van der Waals surface area contributed by atoms with E-state index in [1.807, 2.05) is 42.5 Å². The Hall–Kier alpha value is -4.27. The van der Waals surface area contributed by atoms with Gasteiger partial charge >= 0.3 is 0 Å². The van der Waals surface area contributed by atoms with Crippen molar-refractivity contribution in [3.05, 3.63) is 59.2 Å².